The van der Waals surface area contributed by atoms with Crippen LogP contribution in [0.15, 0.2) is 59.5 Å². The SMILES string of the molecule is COc1ccc(N2CCN(C(=O)c3sc(NS(=O)(=O)c4ccccc4)nc3C)CC2)cc1. The molecule has 0 unspecified atom stereocenters. The molecule has 3 aromatic rings. The van der Waals surface area contributed by atoms with Crippen LogP contribution >= 0.6 is 11.3 Å². The van der Waals surface area contributed by atoms with Gasteiger partial charge in [-0.2, -0.15) is 0 Å². The van der Waals surface area contributed by atoms with Gasteiger partial charge < -0.3 is 14.5 Å². The zero-order valence-corrected chi connectivity index (χ0v) is 19.4. The number of piperazine rings is 1. The molecule has 0 radical (unpaired) electrons. The molecule has 1 fully saturated rings. The highest BCUT2D eigenvalue weighted by Gasteiger charge is 2.26. The fraction of sp³-hybridized carbons (Fsp3) is 0.273. The number of sulfonamides is 1. The highest BCUT2D eigenvalue weighted by atomic mass is 32.2. The Morgan fingerprint density at radius 2 is 1.69 bits per heavy atom. The van der Waals surface area contributed by atoms with Crippen molar-refractivity contribution in [3.05, 3.63) is 65.2 Å². The van der Waals surface area contributed by atoms with Gasteiger partial charge in [-0.3, -0.25) is 9.52 Å². The number of benzene rings is 2. The summed E-state index contributed by atoms with van der Waals surface area (Å²) in [6.45, 7) is 4.30. The largest absolute Gasteiger partial charge is 0.497 e. The van der Waals surface area contributed by atoms with Gasteiger partial charge in [0.1, 0.15) is 10.6 Å². The van der Waals surface area contributed by atoms with Crippen LogP contribution in [0.1, 0.15) is 15.4 Å². The molecule has 168 valence electrons. The number of carbonyl (C=O) groups excluding carboxylic acids is 1. The van der Waals surface area contributed by atoms with E-state index >= 15 is 0 Å². The van der Waals surface area contributed by atoms with Crippen molar-refractivity contribution < 1.29 is 17.9 Å². The number of nitrogens with one attached hydrogen (secondary N) is 1. The first-order chi connectivity index (χ1) is 15.4. The number of anilines is 2. The van der Waals surface area contributed by atoms with Crippen molar-refractivity contribution in [1.82, 2.24) is 9.88 Å². The first-order valence-corrected chi connectivity index (χ1v) is 12.4. The van der Waals surface area contributed by atoms with Gasteiger partial charge in [-0.15, -0.1) is 0 Å². The van der Waals surface area contributed by atoms with Crippen LogP contribution in [0.2, 0.25) is 0 Å². The van der Waals surface area contributed by atoms with Crippen LogP contribution in [0.5, 0.6) is 5.75 Å². The zero-order chi connectivity index (χ0) is 22.7. The van der Waals surface area contributed by atoms with E-state index in [9.17, 15) is 13.2 Å². The summed E-state index contributed by atoms with van der Waals surface area (Å²) in [5.41, 5.74) is 1.60. The number of nitrogens with zero attached hydrogens (tertiary/aromatic N) is 3. The highest BCUT2D eigenvalue weighted by molar-refractivity contribution is 7.93. The molecule has 1 aliphatic heterocycles. The minimum atomic E-state index is -3.75. The second-order valence-corrected chi connectivity index (χ2v) is 10.0. The summed E-state index contributed by atoms with van der Waals surface area (Å²) in [5.74, 6) is 0.682. The number of thiazole rings is 1. The number of hydrogen-bond acceptors (Lipinski definition) is 7. The number of methoxy groups -OCH3 is 1. The van der Waals surface area contributed by atoms with Crippen LogP contribution in [0, 0.1) is 6.92 Å². The molecule has 8 nitrogen and oxygen atoms in total. The summed E-state index contributed by atoms with van der Waals surface area (Å²) in [6, 6.07) is 15.9. The van der Waals surface area contributed by atoms with Gasteiger partial charge in [0.05, 0.1) is 17.7 Å². The first kappa shape index (κ1) is 22.1. The van der Waals surface area contributed by atoms with Crippen molar-refractivity contribution >= 4 is 38.1 Å². The fourth-order valence-electron chi connectivity index (χ4n) is 3.52. The minimum Gasteiger partial charge on any atom is -0.497 e. The summed E-state index contributed by atoms with van der Waals surface area (Å²) in [4.78, 5) is 22.0. The molecular formula is C22H24N4O4S2. The molecule has 0 aliphatic carbocycles. The van der Waals surface area contributed by atoms with E-state index in [1.807, 2.05) is 24.3 Å². The quantitative estimate of drug-likeness (QED) is 0.592. The van der Waals surface area contributed by atoms with Gasteiger partial charge >= 0.3 is 0 Å². The molecule has 10 heteroatoms. The Hall–Kier alpha value is -3.11. The van der Waals surface area contributed by atoms with Gasteiger partial charge in [-0.05, 0) is 43.3 Å². The van der Waals surface area contributed by atoms with Crippen molar-refractivity contribution in [3.8, 4) is 5.75 Å². The van der Waals surface area contributed by atoms with Crippen molar-refractivity contribution in [2.45, 2.75) is 11.8 Å². The van der Waals surface area contributed by atoms with Crippen LogP contribution in [-0.4, -0.2) is 57.5 Å². The molecule has 1 aliphatic rings. The zero-order valence-electron chi connectivity index (χ0n) is 17.8. The van der Waals surface area contributed by atoms with E-state index in [-0.39, 0.29) is 15.9 Å². The molecule has 2 aromatic carbocycles. The van der Waals surface area contributed by atoms with E-state index in [4.69, 9.17) is 4.74 Å². The number of ether oxygens (including phenoxy) is 1. The van der Waals surface area contributed by atoms with Gasteiger partial charge in [0, 0.05) is 31.9 Å². The molecule has 0 bridgehead atoms. The maximum atomic E-state index is 13.1. The standard InChI is InChI=1S/C22H24N4O4S2/c1-16-20(31-22(23-16)24-32(28,29)19-6-4-3-5-7-19)21(27)26-14-12-25(13-15-26)17-8-10-18(30-2)11-9-17/h3-11H,12-15H2,1-2H3,(H,23,24). The summed E-state index contributed by atoms with van der Waals surface area (Å²) in [5, 5.41) is 0.187. The van der Waals surface area contributed by atoms with E-state index in [2.05, 4.69) is 14.6 Å². The average Bonchev–Trinajstić information content (AvgIpc) is 3.18. The molecule has 1 saturated heterocycles. The molecule has 1 aromatic heterocycles. The Balaban J connectivity index is 1.41. The van der Waals surface area contributed by atoms with Crippen LogP contribution < -0.4 is 14.4 Å². The molecule has 1 N–H and O–H groups in total. The number of hydrogen-bond donors (Lipinski definition) is 1. The normalized spacial score (nSPS) is 14.3. The van der Waals surface area contributed by atoms with E-state index in [1.54, 1.807) is 37.1 Å². The van der Waals surface area contributed by atoms with Crippen molar-refractivity contribution in [3.63, 3.8) is 0 Å². The Labute approximate surface area is 191 Å². The molecular weight excluding hydrogens is 448 g/mol. The Kier molecular flexibility index (Phi) is 6.33. The fourth-order valence-corrected chi connectivity index (χ4v) is 5.71. The molecule has 4 rings (SSSR count). The molecule has 2 heterocycles. The van der Waals surface area contributed by atoms with Crippen molar-refractivity contribution in [2.75, 3.05) is 42.9 Å². The number of amides is 1. The lowest BCUT2D eigenvalue weighted by Gasteiger charge is -2.36. The second-order valence-electron chi connectivity index (χ2n) is 7.33. The number of carbonyl (C=O) groups is 1. The maximum Gasteiger partial charge on any atom is 0.266 e. The van der Waals surface area contributed by atoms with E-state index in [0.29, 0.717) is 36.8 Å². The molecule has 0 atom stereocenters. The third kappa shape index (κ3) is 4.71. The predicted octanol–water partition coefficient (Wildman–Crippen LogP) is 3.22. The molecule has 1 amide bonds. The lowest BCUT2D eigenvalue weighted by Crippen LogP contribution is -2.48. The summed E-state index contributed by atoms with van der Waals surface area (Å²) in [7, 11) is -2.12. The summed E-state index contributed by atoms with van der Waals surface area (Å²) >= 11 is 1.06. The number of aromatic nitrogens is 1. The minimum absolute atomic E-state index is 0.125. The van der Waals surface area contributed by atoms with Crippen molar-refractivity contribution in [2.24, 2.45) is 0 Å². The van der Waals surface area contributed by atoms with Crippen LogP contribution in [-0.2, 0) is 10.0 Å². The summed E-state index contributed by atoms with van der Waals surface area (Å²) < 4.78 is 32.8. The van der Waals surface area contributed by atoms with Crippen molar-refractivity contribution in [1.29, 1.82) is 0 Å². The molecule has 0 spiro atoms. The maximum absolute atomic E-state index is 13.1. The first-order valence-electron chi connectivity index (χ1n) is 10.1. The second kappa shape index (κ2) is 9.17. The van der Waals surface area contributed by atoms with Gasteiger partial charge in [-0.25, -0.2) is 13.4 Å². The topological polar surface area (TPSA) is 91.8 Å². The van der Waals surface area contributed by atoms with Crippen LogP contribution in [0.4, 0.5) is 10.8 Å². The van der Waals surface area contributed by atoms with Gasteiger partial charge in [-0.1, -0.05) is 29.5 Å². The van der Waals surface area contributed by atoms with Crippen LogP contribution in [0.3, 0.4) is 0 Å². The molecule has 0 saturated carbocycles. The van der Waals surface area contributed by atoms with Gasteiger partial charge in [0.15, 0.2) is 5.13 Å². The Morgan fingerprint density at radius 1 is 1.03 bits per heavy atom. The highest BCUT2D eigenvalue weighted by Crippen LogP contribution is 2.27. The number of aryl methyl sites for hydroxylation is 1. The number of rotatable bonds is 6. The molecule has 32 heavy (non-hydrogen) atoms. The predicted molar refractivity (Wildman–Crippen MR) is 125 cm³/mol. The third-order valence-corrected chi connectivity index (χ3v) is 7.82. The van der Waals surface area contributed by atoms with E-state index in [0.717, 1.165) is 22.8 Å². The lowest BCUT2D eigenvalue weighted by atomic mass is 10.2. The van der Waals surface area contributed by atoms with Gasteiger partial charge in [0.25, 0.3) is 15.9 Å². The summed E-state index contributed by atoms with van der Waals surface area (Å²) in [6.07, 6.45) is 0. The lowest BCUT2D eigenvalue weighted by molar-refractivity contribution is 0.0750. The van der Waals surface area contributed by atoms with Gasteiger partial charge in [0.2, 0.25) is 0 Å². The monoisotopic (exact) mass is 472 g/mol. The van der Waals surface area contributed by atoms with E-state index < -0.39 is 10.0 Å². The van der Waals surface area contributed by atoms with E-state index in [1.165, 1.54) is 12.1 Å². The average molecular weight is 473 g/mol. The smallest absolute Gasteiger partial charge is 0.266 e. The Bertz CT molecular complexity index is 1190. The van der Waals surface area contributed by atoms with Crippen LogP contribution in [0.25, 0.3) is 0 Å². The Morgan fingerprint density at radius 3 is 2.31 bits per heavy atom. The third-order valence-electron chi connectivity index (χ3n) is 5.27.